The van der Waals surface area contributed by atoms with Crippen molar-refractivity contribution in [1.29, 1.82) is 0 Å². The largest absolute Gasteiger partial charge is 0.0651 e. The molecule has 0 spiro atoms. The van der Waals surface area contributed by atoms with Gasteiger partial charge in [0.05, 0.1) is 0 Å². The molecular formula is C11H22. The lowest BCUT2D eigenvalue weighted by Crippen LogP contribution is -2.34. The molecule has 1 atom stereocenters. The molecule has 11 heavy (non-hydrogen) atoms. The Morgan fingerprint density at radius 1 is 1.36 bits per heavy atom. The number of hydrogen-bond acceptors (Lipinski definition) is 0. The van der Waals surface area contributed by atoms with E-state index in [-0.39, 0.29) is 0 Å². The molecule has 0 aromatic heterocycles. The van der Waals surface area contributed by atoms with E-state index in [9.17, 15) is 0 Å². The summed E-state index contributed by atoms with van der Waals surface area (Å²) in [4.78, 5) is 0. The second-order valence-electron chi connectivity index (χ2n) is 4.76. The molecule has 0 aromatic rings. The molecule has 0 heterocycles. The van der Waals surface area contributed by atoms with E-state index in [0.29, 0.717) is 5.41 Å². The summed E-state index contributed by atoms with van der Waals surface area (Å²) in [5.41, 5.74) is 0.604. The molecular weight excluding hydrogens is 132 g/mol. The Balaban J connectivity index is 2.49. The van der Waals surface area contributed by atoms with Gasteiger partial charge >= 0.3 is 0 Å². The highest BCUT2D eigenvalue weighted by atomic mass is 14.4. The van der Waals surface area contributed by atoms with Gasteiger partial charge in [-0.05, 0) is 30.1 Å². The average Bonchev–Trinajstić information content (AvgIpc) is 1.81. The van der Waals surface area contributed by atoms with Crippen LogP contribution in [0.15, 0.2) is 0 Å². The third-order valence-electron chi connectivity index (χ3n) is 4.04. The maximum absolute atomic E-state index is 2.45. The van der Waals surface area contributed by atoms with Crippen LogP contribution < -0.4 is 0 Å². The Morgan fingerprint density at radius 3 is 2.18 bits per heavy atom. The predicted molar refractivity (Wildman–Crippen MR) is 50.6 cm³/mol. The topological polar surface area (TPSA) is 0 Å². The quantitative estimate of drug-likeness (QED) is 0.579. The van der Waals surface area contributed by atoms with E-state index in [2.05, 4.69) is 27.7 Å². The summed E-state index contributed by atoms with van der Waals surface area (Å²) in [6, 6.07) is 0. The summed E-state index contributed by atoms with van der Waals surface area (Å²) in [7, 11) is 0. The second kappa shape index (κ2) is 3.16. The van der Waals surface area contributed by atoms with Gasteiger partial charge in [0, 0.05) is 0 Å². The van der Waals surface area contributed by atoms with Gasteiger partial charge in [0.1, 0.15) is 0 Å². The number of hydrogen-bond donors (Lipinski definition) is 0. The third kappa shape index (κ3) is 1.60. The lowest BCUT2D eigenvalue weighted by molar-refractivity contribution is 0.0612. The molecule has 1 saturated carbocycles. The van der Waals surface area contributed by atoms with Crippen LogP contribution in [0.5, 0.6) is 0 Å². The third-order valence-corrected chi connectivity index (χ3v) is 4.04. The molecule has 0 radical (unpaired) electrons. The van der Waals surface area contributed by atoms with Crippen molar-refractivity contribution in [2.45, 2.75) is 53.4 Å². The van der Waals surface area contributed by atoms with E-state index < -0.39 is 0 Å². The van der Waals surface area contributed by atoms with E-state index in [1.54, 1.807) is 0 Å². The lowest BCUT2D eigenvalue weighted by Gasteiger charge is -2.44. The van der Waals surface area contributed by atoms with Crippen LogP contribution in [0.25, 0.3) is 0 Å². The van der Waals surface area contributed by atoms with E-state index in [1.165, 1.54) is 25.7 Å². The monoisotopic (exact) mass is 154 g/mol. The molecule has 0 saturated heterocycles. The van der Waals surface area contributed by atoms with Crippen LogP contribution in [-0.2, 0) is 0 Å². The minimum absolute atomic E-state index is 0.604. The molecule has 0 aliphatic heterocycles. The molecule has 1 aliphatic rings. The molecule has 0 amide bonds. The van der Waals surface area contributed by atoms with Crippen molar-refractivity contribution in [3.63, 3.8) is 0 Å². The number of rotatable bonds is 3. The van der Waals surface area contributed by atoms with Gasteiger partial charge in [-0.3, -0.25) is 0 Å². The Kier molecular flexibility index (Phi) is 2.61. The molecule has 0 bridgehead atoms. The van der Waals surface area contributed by atoms with Gasteiger partial charge in [0.2, 0.25) is 0 Å². The first-order chi connectivity index (χ1) is 5.09. The minimum atomic E-state index is 0.604. The fourth-order valence-corrected chi connectivity index (χ4v) is 2.08. The highest BCUT2D eigenvalue weighted by molar-refractivity contribution is 4.87. The van der Waals surface area contributed by atoms with Gasteiger partial charge in [-0.1, -0.05) is 40.5 Å². The molecule has 1 aliphatic carbocycles. The van der Waals surface area contributed by atoms with Crippen LogP contribution in [-0.4, -0.2) is 0 Å². The smallest absolute Gasteiger partial charge is 0.0300 e. The standard InChI is InChI=1S/C11H22/c1-5-9(2)11(3,4)10-7-6-8-10/h9-10H,5-8H2,1-4H3. The summed E-state index contributed by atoms with van der Waals surface area (Å²) < 4.78 is 0. The van der Waals surface area contributed by atoms with E-state index >= 15 is 0 Å². The van der Waals surface area contributed by atoms with Gasteiger partial charge in [0.15, 0.2) is 0 Å². The van der Waals surface area contributed by atoms with Crippen LogP contribution >= 0.6 is 0 Å². The normalized spacial score (nSPS) is 22.9. The van der Waals surface area contributed by atoms with Crippen molar-refractivity contribution in [3.8, 4) is 0 Å². The molecule has 66 valence electrons. The summed E-state index contributed by atoms with van der Waals surface area (Å²) in [6.45, 7) is 9.61. The van der Waals surface area contributed by atoms with Gasteiger partial charge in [-0.25, -0.2) is 0 Å². The van der Waals surface area contributed by atoms with Crippen molar-refractivity contribution in [2.75, 3.05) is 0 Å². The first-order valence-electron chi connectivity index (χ1n) is 5.09. The van der Waals surface area contributed by atoms with Crippen LogP contribution in [0.3, 0.4) is 0 Å². The molecule has 1 rings (SSSR count). The van der Waals surface area contributed by atoms with E-state index in [1.807, 2.05) is 0 Å². The van der Waals surface area contributed by atoms with E-state index in [0.717, 1.165) is 11.8 Å². The van der Waals surface area contributed by atoms with Gasteiger partial charge in [-0.2, -0.15) is 0 Å². The van der Waals surface area contributed by atoms with Crippen LogP contribution in [0.1, 0.15) is 53.4 Å². The average molecular weight is 154 g/mol. The first kappa shape index (κ1) is 9.09. The summed E-state index contributed by atoms with van der Waals surface area (Å²) >= 11 is 0. The van der Waals surface area contributed by atoms with Gasteiger partial charge in [0.25, 0.3) is 0 Å². The van der Waals surface area contributed by atoms with Crippen molar-refractivity contribution in [1.82, 2.24) is 0 Å². The van der Waals surface area contributed by atoms with Gasteiger partial charge < -0.3 is 0 Å². The summed E-state index contributed by atoms with van der Waals surface area (Å²) in [5.74, 6) is 1.92. The molecule has 1 fully saturated rings. The highest BCUT2D eigenvalue weighted by Gasteiger charge is 2.36. The second-order valence-corrected chi connectivity index (χ2v) is 4.76. The molecule has 0 nitrogen and oxygen atoms in total. The van der Waals surface area contributed by atoms with E-state index in [4.69, 9.17) is 0 Å². The van der Waals surface area contributed by atoms with Crippen LogP contribution in [0, 0.1) is 17.3 Å². The molecule has 0 aromatic carbocycles. The van der Waals surface area contributed by atoms with Crippen molar-refractivity contribution < 1.29 is 0 Å². The molecule has 0 heteroatoms. The van der Waals surface area contributed by atoms with Crippen molar-refractivity contribution in [3.05, 3.63) is 0 Å². The zero-order chi connectivity index (χ0) is 8.48. The Labute approximate surface area is 71.4 Å². The molecule has 0 N–H and O–H groups in total. The SMILES string of the molecule is CCC(C)C(C)(C)C1CCC1. The fourth-order valence-electron chi connectivity index (χ4n) is 2.08. The predicted octanol–water partition coefficient (Wildman–Crippen LogP) is 3.86. The Hall–Kier alpha value is 0. The molecule has 1 unspecified atom stereocenters. The van der Waals surface area contributed by atoms with Crippen LogP contribution in [0.4, 0.5) is 0 Å². The van der Waals surface area contributed by atoms with Crippen molar-refractivity contribution >= 4 is 0 Å². The van der Waals surface area contributed by atoms with Gasteiger partial charge in [-0.15, -0.1) is 0 Å². The Morgan fingerprint density at radius 2 is 1.91 bits per heavy atom. The fraction of sp³-hybridized carbons (Fsp3) is 1.00. The van der Waals surface area contributed by atoms with Crippen molar-refractivity contribution in [2.24, 2.45) is 17.3 Å². The Bertz CT molecular complexity index is 113. The summed E-state index contributed by atoms with van der Waals surface area (Å²) in [5, 5.41) is 0. The van der Waals surface area contributed by atoms with Crippen LogP contribution in [0.2, 0.25) is 0 Å². The zero-order valence-corrected chi connectivity index (χ0v) is 8.48. The minimum Gasteiger partial charge on any atom is -0.0651 e. The lowest BCUT2D eigenvalue weighted by atomic mass is 9.61. The zero-order valence-electron chi connectivity index (χ0n) is 8.48. The summed E-state index contributed by atoms with van der Waals surface area (Å²) in [6.07, 6.45) is 5.78. The maximum Gasteiger partial charge on any atom is -0.0300 e. The first-order valence-corrected chi connectivity index (χ1v) is 5.09. The highest BCUT2D eigenvalue weighted by Crippen LogP contribution is 2.46. The maximum atomic E-state index is 2.45.